The Kier molecular flexibility index (Phi) is 4.25. The first-order chi connectivity index (χ1) is 12.1. The van der Waals surface area contributed by atoms with Gasteiger partial charge in [0.1, 0.15) is 11.4 Å². The normalized spacial score (nSPS) is 23.6. The third-order valence-electron chi connectivity index (χ3n) is 5.45. The van der Waals surface area contributed by atoms with Gasteiger partial charge in [0.05, 0.1) is 13.7 Å². The number of hydrogen-bond donors (Lipinski definition) is 1. The van der Waals surface area contributed by atoms with Gasteiger partial charge in [0, 0.05) is 12.0 Å². The lowest BCUT2D eigenvalue weighted by Crippen LogP contribution is -2.45. The highest BCUT2D eigenvalue weighted by Crippen LogP contribution is 2.39. The topological polar surface area (TPSA) is 71.6 Å². The predicted molar refractivity (Wildman–Crippen MR) is 92.3 cm³/mol. The molecule has 1 saturated heterocycles. The summed E-state index contributed by atoms with van der Waals surface area (Å²) in [7, 11) is 1.64. The van der Waals surface area contributed by atoms with E-state index in [1.54, 1.807) is 7.11 Å². The molecular formula is C19H25N3O3. The van der Waals surface area contributed by atoms with Crippen molar-refractivity contribution in [1.29, 1.82) is 0 Å². The molecule has 0 amide bonds. The van der Waals surface area contributed by atoms with E-state index in [-0.39, 0.29) is 6.04 Å². The molecule has 1 aromatic heterocycles. The van der Waals surface area contributed by atoms with Gasteiger partial charge in [0.2, 0.25) is 5.89 Å². The average molecular weight is 343 g/mol. The van der Waals surface area contributed by atoms with Gasteiger partial charge in [-0.2, -0.15) is 4.98 Å². The highest BCUT2D eigenvalue weighted by atomic mass is 16.5. The van der Waals surface area contributed by atoms with Crippen molar-refractivity contribution in [2.45, 2.75) is 56.7 Å². The summed E-state index contributed by atoms with van der Waals surface area (Å²) in [6.07, 6.45) is 4.33. The number of rotatable bonds is 6. The van der Waals surface area contributed by atoms with E-state index < -0.39 is 5.60 Å². The second-order valence-electron chi connectivity index (χ2n) is 7.33. The molecular weight excluding hydrogens is 318 g/mol. The number of hydrogen-bond acceptors (Lipinski definition) is 6. The average Bonchev–Trinajstić information content (AvgIpc) is 3.18. The molecule has 2 atom stereocenters. The minimum absolute atomic E-state index is 0.0252. The number of methoxy groups -OCH3 is 1. The molecule has 1 saturated carbocycles. The molecule has 0 radical (unpaired) electrons. The van der Waals surface area contributed by atoms with Crippen molar-refractivity contribution >= 4 is 0 Å². The van der Waals surface area contributed by atoms with Crippen LogP contribution in [0.5, 0.6) is 5.75 Å². The van der Waals surface area contributed by atoms with Gasteiger partial charge in [-0.05, 0) is 56.8 Å². The van der Waals surface area contributed by atoms with E-state index in [2.05, 4.69) is 15.0 Å². The van der Waals surface area contributed by atoms with Crippen LogP contribution < -0.4 is 4.74 Å². The monoisotopic (exact) mass is 343 g/mol. The number of aromatic nitrogens is 2. The number of ether oxygens (including phenoxy) is 1. The van der Waals surface area contributed by atoms with E-state index in [9.17, 15) is 5.11 Å². The van der Waals surface area contributed by atoms with Crippen molar-refractivity contribution in [2.24, 2.45) is 0 Å². The summed E-state index contributed by atoms with van der Waals surface area (Å²) in [4.78, 5) is 6.79. The van der Waals surface area contributed by atoms with Crippen molar-refractivity contribution in [3.63, 3.8) is 0 Å². The lowest BCUT2D eigenvalue weighted by atomic mass is 9.86. The van der Waals surface area contributed by atoms with Crippen LogP contribution in [0.1, 0.15) is 55.8 Å². The molecule has 0 unspecified atom stereocenters. The summed E-state index contributed by atoms with van der Waals surface area (Å²) >= 11 is 0. The van der Waals surface area contributed by atoms with E-state index >= 15 is 0 Å². The Balaban J connectivity index is 1.50. The fourth-order valence-corrected chi connectivity index (χ4v) is 3.79. The number of benzene rings is 1. The third-order valence-corrected chi connectivity index (χ3v) is 5.45. The molecule has 0 spiro atoms. The molecule has 1 aromatic carbocycles. The SMILES string of the molecule is COc1ccc([C@@](C)(O)[C@H]2CCCN2Cc2nc(C3CC3)no2)cc1. The van der Waals surface area contributed by atoms with Gasteiger partial charge in [-0.15, -0.1) is 0 Å². The molecule has 2 fully saturated rings. The van der Waals surface area contributed by atoms with Gasteiger partial charge in [-0.3, -0.25) is 4.90 Å². The van der Waals surface area contributed by atoms with E-state index in [0.717, 1.165) is 49.4 Å². The van der Waals surface area contributed by atoms with Crippen molar-refractivity contribution in [3.8, 4) is 5.75 Å². The zero-order valence-corrected chi connectivity index (χ0v) is 14.8. The maximum Gasteiger partial charge on any atom is 0.240 e. The van der Waals surface area contributed by atoms with Gasteiger partial charge < -0.3 is 14.4 Å². The first-order valence-corrected chi connectivity index (χ1v) is 9.01. The van der Waals surface area contributed by atoms with Crippen LogP contribution in [0.3, 0.4) is 0 Å². The van der Waals surface area contributed by atoms with Gasteiger partial charge >= 0.3 is 0 Å². The predicted octanol–water partition coefficient (Wildman–Crippen LogP) is 2.83. The second kappa shape index (κ2) is 6.42. The largest absolute Gasteiger partial charge is 0.497 e. The van der Waals surface area contributed by atoms with E-state index in [1.165, 1.54) is 0 Å². The summed E-state index contributed by atoms with van der Waals surface area (Å²) in [6, 6.07) is 7.68. The van der Waals surface area contributed by atoms with Crippen LogP contribution >= 0.6 is 0 Å². The summed E-state index contributed by atoms with van der Waals surface area (Å²) < 4.78 is 10.6. The van der Waals surface area contributed by atoms with E-state index in [1.807, 2.05) is 31.2 Å². The standard InChI is InChI=1S/C19H25N3O3/c1-19(23,14-7-9-15(24-2)10-8-14)16-4-3-11-22(16)12-17-20-18(21-25-17)13-5-6-13/h7-10,13,16,23H,3-6,11-12H2,1-2H3/t16-,19-/m1/s1. The summed E-state index contributed by atoms with van der Waals surface area (Å²) in [5, 5.41) is 15.3. The summed E-state index contributed by atoms with van der Waals surface area (Å²) in [6.45, 7) is 3.41. The second-order valence-corrected chi connectivity index (χ2v) is 7.33. The molecule has 6 heteroatoms. The molecule has 4 rings (SSSR count). The molecule has 1 aliphatic heterocycles. The Morgan fingerprint density at radius 1 is 1.28 bits per heavy atom. The van der Waals surface area contributed by atoms with E-state index in [0.29, 0.717) is 18.4 Å². The van der Waals surface area contributed by atoms with Crippen LogP contribution in [-0.4, -0.2) is 39.8 Å². The number of nitrogens with zero attached hydrogens (tertiary/aromatic N) is 3. The smallest absolute Gasteiger partial charge is 0.240 e. The Hall–Kier alpha value is -1.92. The fraction of sp³-hybridized carbons (Fsp3) is 0.579. The Morgan fingerprint density at radius 2 is 2.04 bits per heavy atom. The minimum atomic E-state index is -0.942. The van der Waals surface area contributed by atoms with Gasteiger partial charge in [-0.25, -0.2) is 0 Å². The maximum absolute atomic E-state index is 11.3. The highest BCUT2D eigenvalue weighted by Gasteiger charge is 2.41. The van der Waals surface area contributed by atoms with Crippen LogP contribution in [0.25, 0.3) is 0 Å². The molecule has 25 heavy (non-hydrogen) atoms. The molecule has 2 heterocycles. The Labute approximate surface area is 147 Å². The zero-order valence-electron chi connectivity index (χ0n) is 14.8. The summed E-state index contributed by atoms with van der Waals surface area (Å²) in [5.41, 5.74) is -0.0448. The molecule has 6 nitrogen and oxygen atoms in total. The first-order valence-electron chi connectivity index (χ1n) is 9.01. The molecule has 1 N–H and O–H groups in total. The first kappa shape index (κ1) is 16.5. The Bertz CT molecular complexity index is 722. The summed E-state index contributed by atoms with van der Waals surface area (Å²) in [5.74, 6) is 2.78. The molecule has 1 aliphatic carbocycles. The van der Waals surface area contributed by atoms with Gasteiger partial charge in [0.15, 0.2) is 5.82 Å². The van der Waals surface area contributed by atoms with Gasteiger partial charge in [-0.1, -0.05) is 17.3 Å². The minimum Gasteiger partial charge on any atom is -0.497 e. The number of aliphatic hydroxyl groups is 1. The maximum atomic E-state index is 11.3. The quantitative estimate of drug-likeness (QED) is 0.870. The molecule has 0 bridgehead atoms. The molecule has 134 valence electrons. The van der Waals surface area contributed by atoms with Crippen molar-refractivity contribution in [1.82, 2.24) is 15.0 Å². The Morgan fingerprint density at radius 3 is 2.72 bits per heavy atom. The highest BCUT2D eigenvalue weighted by molar-refractivity contribution is 5.31. The van der Waals surface area contributed by atoms with Crippen molar-refractivity contribution in [2.75, 3.05) is 13.7 Å². The van der Waals surface area contributed by atoms with Crippen LogP contribution in [0.4, 0.5) is 0 Å². The fourth-order valence-electron chi connectivity index (χ4n) is 3.79. The van der Waals surface area contributed by atoms with Crippen molar-refractivity contribution < 1.29 is 14.4 Å². The lowest BCUT2D eigenvalue weighted by Gasteiger charge is -2.36. The number of likely N-dealkylation sites (tertiary alicyclic amines) is 1. The molecule has 2 aliphatic rings. The third kappa shape index (κ3) is 3.28. The van der Waals surface area contributed by atoms with Crippen LogP contribution in [0.15, 0.2) is 28.8 Å². The lowest BCUT2D eigenvalue weighted by molar-refractivity contribution is -0.0278. The van der Waals surface area contributed by atoms with Gasteiger partial charge in [0.25, 0.3) is 0 Å². The van der Waals surface area contributed by atoms with Crippen LogP contribution in [-0.2, 0) is 12.1 Å². The molecule has 2 aromatic rings. The van der Waals surface area contributed by atoms with Crippen molar-refractivity contribution in [3.05, 3.63) is 41.5 Å². The zero-order chi connectivity index (χ0) is 17.4. The van der Waals surface area contributed by atoms with Crippen LogP contribution in [0, 0.1) is 0 Å². The van der Waals surface area contributed by atoms with E-state index in [4.69, 9.17) is 9.26 Å². The van der Waals surface area contributed by atoms with Crippen LogP contribution in [0.2, 0.25) is 0 Å².